The lowest BCUT2D eigenvalue weighted by molar-refractivity contribution is -0.117. The molecule has 2 aromatic heterocycles. The zero-order valence-electron chi connectivity index (χ0n) is 13.6. The van der Waals surface area contributed by atoms with Gasteiger partial charge in [0.15, 0.2) is 0 Å². The SMILES string of the molecule is CNc1ncc(/C=C2\CCOC2)c2cc(NC(=O)C3CC3)ncc12. The number of nitrogens with one attached hydrogen (secondary N) is 2. The van der Waals surface area contributed by atoms with Gasteiger partial charge >= 0.3 is 0 Å². The zero-order valence-corrected chi connectivity index (χ0v) is 13.6. The first-order chi connectivity index (χ1) is 11.7. The van der Waals surface area contributed by atoms with Crippen molar-refractivity contribution in [2.75, 3.05) is 30.9 Å². The van der Waals surface area contributed by atoms with Crippen molar-refractivity contribution in [2.45, 2.75) is 19.3 Å². The second-order valence-corrected chi connectivity index (χ2v) is 6.30. The minimum absolute atomic E-state index is 0.0637. The van der Waals surface area contributed by atoms with E-state index in [-0.39, 0.29) is 11.8 Å². The second-order valence-electron chi connectivity index (χ2n) is 6.30. The van der Waals surface area contributed by atoms with E-state index in [2.05, 4.69) is 26.7 Å². The Bertz CT molecular complexity index is 819. The van der Waals surface area contributed by atoms with Gasteiger partial charge in [-0.25, -0.2) is 9.97 Å². The van der Waals surface area contributed by atoms with E-state index >= 15 is 0 Å². The lowest BCUT2D eigenvalue weighted by atomic mass is 10.1. The Kier molecular flexibility index (Phi) is 3.90. The van der Waals surface area contributed by atoms with Crippen molar-refractivity contribution < 1.29 is 9.53 Å². The van der Waals surface area contributed by atoms with Crippen LogP contribution in [-0.4, -0.2) is 36.1 Å². The summed E-state index contributed by atoms with van der Waals surface area (Å²) < 4.78 is 5.43. The van der Waals surface area contributed by atoms with Crippen molar-refractivity contribution in [3.8, 4) is 0 Å². The van der Waals surface area contributed by atoms with Gasteiger partial charge in [0.25, 0.3) is 0 Å². The molecule has 0 radical (unpaired) electrons. The number of carbonyl (C=O) groups is 1. The highest BCUT2D eigenvalue weighted by molar-refractivity contribution is 6.00. The van der Waals surface area contributed by atoms with E-state index in [0.717, 1.165) is 48.0 Å². The molecular formula is C18H20N4O2. The summed E-state index contributed by atoms with van der Waals surface area (Å²) in [5, 5.41) is 7.98. The molecule has 1 saturated heterocycles. The third-order valence-electron chi connectivity index (χ3n) is 4.45. The zero-order chi connectivity index (χ0) is 16.5. The molecular weight excluding hydrogens is 304 g/mol. The molecule has 6 nitrogen and oxygen atoms in total. The summed E-state index contributed by atoms with van der Waals surface area (Å²) in [7, 11) is 1.84. The standard InChI is InChI=1S/C18H20N4O2/c1-19-17-15-9-20-16(22-18(23)12-2-3-12)7-14(15)13(8-21-17)6-11-4-5-24-10-11/h6-9,12H,2-5,10H2,1H3,(H,19,21)(H,20,22,23)/b11-6+. The highest BCUT2D eigenvalue weighted by atomic mass is 16.5. The normalized spacial score (nSPS) is 19.0. The van der Waals surface area contributed by atoms with Gasteiger partial charge in [-0.15, -0.1) is 0 Å². The highest BCUT2D eigenvalue weighted by Gasteiger charge is 2.29. The molecule has 1 aliphatic heterocycles. The van der Waals surface area contributed by atoms with Crippen LogP contribution in [0.15, 0.2) is 24.0 Å². The molecule has 3 heterocycles. The molecule has 2 aliphatic rings. The topological polar surface area (TPSA) is 76.1 Å². The van der Waals surface area contributed by atoms with Crippen molar-refractivity contribution in [3.63, 3.8) is 0 Å². The van der Waals surface area contributed by atoms with E-state index < -0.39 is 0 Å². The summed E-state index contributed by atoms with van der Waals surface area (Å²) in [4.78, 5) is 20.8. The first kappa shape index (κ1) is 15.1. The Morgan fingerprint density at radius 1 is 1.29 bits per heavy atom. The smallest absolute Gasteiger partial charge is 0.228 e. The number of ether oxygens (including phenoxy) is 1. The molecule has 6 heteroatoms. The van der Waals surface area contributed by atoms with Gasteiger partial charge < -0.3 is 15.4 Å². The largest absolute Gasteiger partial charge is 0.377 e. The van der Waals surface area contributed by atoms with E-state index in [0.29, 0.717) is 12.4 Å². The Morgan fingerprint density at radius 3 is 2.88 bits per heavy atom. The molecule has 124 valence electrons. The molecule has 0 aromatic carbocycles. The number of pyridine rings is 2. The molecule has 4 rings (SSSR count). The van der Waals surface area contributed by atoms with Gasteiger partial charge in [-0.05, 0) is 36.3 Å². The first-order valence-corrected chi connectivity index (χ1v) is 8.29. The fourth-order valence-electron chi connectivity index (χ4n) is 2.92. The van der Waals surface area contributed by atoms with Crippen molar-refractivity contribution >= 4 is 34.4 Å². The number of nitrogens with zero attached hydrogens (tertiary/aromatic N) is 2. The molecule has 0 spiro atoms. The predicted molar refractivity (Wildman–Crippen MR) is 93.9 cm³/mol. The summed E-state index contributed by atoms with van der Waals surface area (Å²) >= 11 is 0. The second kappa shape index (κ2) is 6.20. The fraction of sp³-hybridized carbons (Fsp3) is 0.389. The minimum atomic E-state index is 0.0637. The predicted octanol–water partition coefficient (Wildman–Crippen LogP) is 2.82. The fourth-order valence-corrected chi connectivity index (χ4v) is 2.92. The van der Waals surface area contributed by atoms with Crippen molar-refractivity contribution in [2.24, 2.45) is 5.92 Å². The van der Waals surface area contributed by atoms with Gasteiger partial charge in [-0.2, -0.15) is 0 Å². The van der Waals surface area contributed by atoms with E-state index in [4.69, 9.17) is 4.74 Å². The molecule has 1 aliphatic carbocycles. The van der Waals surface area contributed by atoms with Crippen molar-refractivity contribution in [1.82, 2.24) is 9.97 Å². The van der Waals surface area contributed by atoms with Gasteiger partial charge in [-0.1, -0.05) is 6.08 Å². The molecule has 0 atom stereocenters. The van der Waals surface area contributed by atoms with Gasteiger partial charge in [-0.3, -0.25) is 4.79 Å². The van der Waals surface area contributed by atoms with Crippen molar-refractivity contribution in [3.05, 3.63) is 29.6 Å². The number of hydrogen-bond donors (Lipinski definition) is 2. The van der Waals surface area contributed by atoms with Crippen LogP contribution in [0.5, 0.6) is 0 Å². The monoisotopic (exact) mass is 324 g/mol. The summed E-state index contributed by atoms with van der Waals surface area (Å²) in [6, 6.07) is 1.93. The Hall–Kier alpha value is -2.47. The van der Waals surface area contributed by atoms with Crippen LogP contribution >= 0.6 is 0 Å². The van der Waals surface area contributed by atoms with Crippen LogP contribution < -0.4 is 10.6 Å². The Morgan fingerprint density at radius 2 is 2.17 bits per heavy atom. The Labute approximate surface area is 140 Å². The summed E-state index contributed by atoms with van der Waals surface area (Å²) in [5.41, 5.74) is 2.28. The van der Waals surface area contributed by atoms with Crippen LogP contribution in [-0.2, 0) is 9.53 Å². The maximum absolute atomic E-state index is 12.0. The number of hydrogen-bond acceptors (Lipinski definition) is 5. The van der Waals surface area contributed by atoms with Crippen LogP contribution in [0.3, 0.4) is 0 Å². The van der Waals surface area contributed by atoms with Crippen LogP contribution in [0, 0.1) is 5.92 Å². The molecule has 2 N–H and O–H groups in total. The third kappa shape index (κ3) is 2.97. The number of rotatable bonds is 4. The van der Waals surface area contributed by atoms with E-state index in [1.54, 1.807) is 6.20 Å². The lowest BCUT2D eigenvalue weighted by Gasteiger charge is -2.10. The Balaban J connectivity index is 1.75. The van der Waals surface area contributed by atoms with Crippen LogP contribution in [0.2, 0.25) is 0 Å². The molecule has 1 amide bonds. The molecule has 0 bridgehead atoms. The summed E-state index contributed by atoms with van der Waals surface area (Å²) in [5.74, 6) is 1.59. The summed E-state index contributed by atoms with van der Waals surface area (Å²) in [6.45, 7) is 1.45. The maximum atomic E-state index is 12.0. The summed E-state index contributed by atoms with van der Waals surface area (Å²) in [6.07, 6.45) is 8.66. The van der Waals surface area contributed by atoms with Crippen molar-refractivity contribution in [1.29, 1.82) is 0 Å². The van der Waals surface area contributed by atoms with E-state index in [1.807, 2.05) is 19.3 Å². The molecule has 0 unspecified atom stereocenters. The van der Waals surface area contributed by atoms with E-state index in [1.165, 1.54) is 5.57 Å². The number of anilines is 2. The van der Waals surface area contributed by atoms with Crippen LogP contribution in [0.4, 0.5) is 11.6 Å². The number of fused-ring (bicyclic) bond motifs is 1. The van der Waals surface area contributed by atoms with Crippen LogP contribution in [0.1, 0.15) is 24.8 Å². The molecule has 1 saturated carbocycles. The molecule has 2 aromatic rings. The van der Waals surface area contributed by atoms with E-state index in [9.17, 15) is 4.79 Å². The maximum Gasteiger partial charge on any atom is 0.228 e. The third-order valence-corrected chi connectivity index (χ3v) is 4.45. The first-order valence-electron chi connectivity index (χ1n) is 8.29. The quantitative estimate of drug-likeness (QED) is 0.904. The average Bonchev–Trinajstić information content (AvgIpc) is 3.33. The van der Waals surface area contributed by atoms with Gasteiger partial charge in [0.1, 0.15) is 11.6 Å². The molecule has 24 heavy (non-hydrogen) atoms. The molecule has 2 fully saturated rings. The minimum Gasteiger partial charge on any atom is -0.377 e. The van der Waals surface area contributed by atoms with Gasteiger partial charge in [0.05, 0.1) is 13.2 Å². The number of aromatic nitrogens is 2. The lowest BCUT2D eigenvalue weighted by Crippen LogP contribution is -2.14. The van der Waals surface area contributed by atoms with Crippen LogP contribution in [0.25, 0.3) is 16.8 Å². The van der Waals surface area contributed by atoms with Gasteiger partial charge in [0, 0.05) is 36.3 Å². The average molecular weight is 324 g/mol. The number of carbonyl (C=O) groups excluding carboxylic acids is 1. The highest BCUT2D eigenvalue weighted by Crippen LogP contribution is 2.31. The van der Waals surface area contributed by atoms with Gasteiger partial charge in [0.2, 0.25) is 5.91 Å². The number of amides is 1.